The van der Waals surface area contributed by atoms with Gasteiger partial charge in [-0.2, -0.15) is 9.97 Å². The van der Waals surface area contributed by atoms with Gasteiger partial charge in [-0.1, -0.05) is 33.3 Å². The van der Waals surface area contributed by atoms with E-state index in [0.29, 0.717) is 53.0 Å². The predicted octanol–water partition coefficient (Wildman–Crippen LogP) is 5.20. The third-order valence-corrected chi connectivity index (χ3v) is 8.42. The number of aliphatic hydroxyl groups excluding tert-OH is 1. The smallest absolute Gasteiger partial charge is 0.318 e. The van der Waals surface area contributed by atoms with Gasteiger partial charge in [0.2, 0.25) is 0 Å². The molecular weight excluding hydrogens is 575 g/mol. The number of halogens is 3. The maximum Gasteiger partial charge on any atom is 0.318 e. The van der Waals surface area contributed by atoms with Crippen molar-refractivity contribution in [3.8, 4) is 11.8 Å². The van der Waals surface area contributed by atoms with Crippen LogP contribution in [0.15, 0.2) is 24.3 Å². The summed E-state index contributed by atoms with van der Waals surface area (Å²) in [5.41, 5.74) is 1.46. The van der Waals surface area contributed by atoms with Crippen LogP contribution in [-0.2, 0) is 13.0 Å². The van der Waals surface area contributed by atoms with Gasteiger partial charge in [-0.3, -0.25) is 4.79 Å². The number of aromatic nitrogens is 2. The second-order valence-corrected chi connectivity index (χ2v) is 11.4. The molecule has 0 bridgehead atoms. The first-order chi connectivity index (χ1) is 21.2. The van der Waals surface area contributed by atoms with Crippen LogP contribution in [0, 0.1) is 11.7 Å². The van der Waals surface area contributed by atoms with E-state index in [1.165, 1.54) is 23.1 Å². The Labute approximate surface area is 255 Å². The second kappa shape index (κ2) is 13.2. The maximum absolute atomic E-state index is 14.9. The van der Waals surface area contributed by atoms with E-state index >= 15 is 0 Å². The van der Waals surface area contributed by atoms with E-state index in [1.807, 2.05) is 25.7 Å². The number of carbonyl (C=O) groups is 1. The zero-order chi connectivity index (χ0) is 31.6. The average Bonchev–Trinajstić information content (AvgIpc) is 3.42. The van der Waals surface area contributed by atoms with Crippen molar-refractivity contribution in [3.05, 3.63) is 46.9 Å². The van der Waals surface area contributed by atoms with Crippen LogP contribution in [0.4, 0.5) is 24.7 Å². The molecule has 9 nitrogen and oxygen atoms in total. The summed E-state index contributed by atoms with van der Waals surface area (Å²) < 4.78 is 48.2. The number of rotatable bonds is 7. The number of amides is 1. The molecule has 0 saturated carbocycles. The number of phenolic OH excluding ortho intramolecular Hbond substituents is 1. The topological polar surface area (TPSA) is 111 Å². The Bertz CT molecular complexity index is 1520. The van der Waals surface area contributed by atoms with Gasteiger partial charge < -0.3 is 30.1 Å². The van der Waals surface area contributed by atoms with Crippen molar-refractivity contribution in [2.75, 3.05) is 42.6 Å². The number of nitrogens with one attached hydrogen (secondary N) is 1. The van der Waals surface area contributed by atoms with E-state index in [4.69, 9.17) is 4.74 Å². The lowest BCUT2D eigenvalue weighted by atomic mass is 9.99. The van der Waals surface area contributed by atoms with Gasteiger partial charge in [0, 0.05) is 43.6 Å². The lowest BCUT2D eigenvalue weighted by molar-refractivity contribution is 0.0194. The number of aromatic hydroxyl groups is 1. The van der Waals surface area contributed by atoms with Gasteiger partial charge in [-0.25, -0.2) is 13.2 Å². The summed E-state index contributed by atoms with van der Waals surface area (Å²) in [5.74, 6) is -3.32. The highest BCUT2D eigenvalue weighted by Gasteiger charge is 2.40. The molecule has 0 radical (unpaired) electrons. The Balaban J connectivity index is 0.00000188. The molecule has 3 N–H and O–H groups in total. The predicted molar refractivity (Wildman–Crippen MR) is 162 cm³/mol. The molecule has 6 rings (SSSR count). The highest BCUT2D eigenvalue weighted by atomic mass is 19.3. The van der Waals surface area contributed by atoms with Gasteiger partial charge in [0.05, 0.1) is 24.5 Å². The van der Waals surface area contributed by atoms with E-state index in [2.05, 4.69) is 15.3 Å². The molecule has 1 aromatic heterocycles. The normalized spacial score (nSPS) is 21.2. The molecule has 4 heterocycles. The molecule has 2 unspecified atom stereocenters. The van der Waals surface area contributed by atoms with E-state index in [-0.39, 0.29) is 49.4 Å². The van der Waals surface area contributed by atoms with Crippen LogP contribution in [0.2, 0.25) is 0 Å². The Morgan fingerprint density at radius 1 is 1.18 bits per heavy atom. The molecule has 3 aliphatic heterocycles. The first kappa shape index (κ1) is 31.8. The van der Waals surface area contributed by atoms with E-state index < -0.39 is 30.2 Å². The average molecular weight is 616 g/mol. The number of nitrogens with zero attached hydrogens (tertiary/aromatic N) is 4. The summed E-state index contributed by atoms with van der Waals surface area (Å²) in [6.07, 6.45) is 2.61. The standard InChI is InChI=1S/C30H34F3N5O4.C2H6/c1-2-21-22(31)7-6-18-9-20(40)10-24(25(18)21)38-13-23-26(28(38)41)27(37-8-4-3-5-17(12-37)14-39)36-29(35-23)42-15-19-11-30(32,33)16-34-19;1-2/h6-7,9-10,17,19,34,39-40H,2-5,8,11-16H2,1H3;1-2H3. The summed E-state index contributed by atoms with van der Waals surface area (Å²) in [4.78, 5) is 26.7. The van der Waals surface area contributed by atoms with Crippen molar-refractivity contribution < 1.29 is 32.9 Å². The van der Waals surface area contributed by atoms with Crippen molar-refractivity contribution in [3.63, 3.8) is 0 Å². The SMILES string of the molecule is CC.CCc1c(F)ccc2cc(O)cc(N3Cc4nc(OCC5CC(F)(F)CN5)nc(N5CCCCC(CO)C5)c4C3=O)c12. The van der Waals surface area contributed by atoms with Crippen LogP contribution in [-0.4, -0.2) is 70.9 Å². The van der Waals surface area contributed by atoms with Crippen molar-refractivity contribution in [2.24, 2.45) is 5.92 Å². The van der Waals surface area contributed by atoms with Crippen molar-refractivity contribution in [1.29, 1.82) is 0 Å². The molecule has 12 heteroatoms. The van der Waals surface area contributed by atoms with Crippen LogP contribution in [0.1, 0.15) is 68.1 Å². The molecule has 2 saturated heterocycles. The number of aliphatic hydroxyl groups is 1. The number of alkyl halides is 2. The van der Waals surface area contributed by atoms with Crippen LogP contribution in [0.5, 0.6) is 11.8 Å². The Morgan fingerprint density at radius 2 is 1.98 bits per heavy atom. The monoisotopic (exact) mass is 615 g/mol. The minimum absolute atomic E-state index is 0.00456. The van der Waals surface area contributed by atoms with Gasteiger partial charge in [0.1, 0.15) is 29.6 Å². The van der Waals surface area contributed by atoms with Gasteiger partial charge in [0.25, 0.3) is 11.8 Å². The number of hydrogen-bond donors (Lipinski definition) is 3. The van der Waals surface area contributed by atoms with E-state index in [0.717, 1.165) is 19.3 Å². The molecule has 3 aromatic rings. The quantitative estimate of drug-likeness (QED) is 0.333. The van der Waals surface area contributed by atoms with Crippen LogP contribution < -0.4 is 19.9 Å². The second-order valence-electron chi connectivity index (χ2n) is 11.4. The molecule has 1 amide bonds. The molecule has 3 aliphatic rings. The van der Waals surface area contributed by atoms with Crippen LogP contribution in [0.25, 0.3) is 10.8 Å². The number of aryl methyl sites for hydroxylation is 1. The third kappa shape index (κ3) is 6.28. The summed E-state index contributed by atoms with van der Waals surface area (Å²) >= 11 is 0. The summed E-state index contributed by atoms with van der Waals surface area (Å²) in [6.45, 7) is 6.43. The van der Waals surface area contributed by atoms with Gasteiger partial charge in [0.15, 0.2) is 0 Å². The van der Waals surface area contributed by atoms with Crippen LogP contribution in [0.3, 0.4) is 0 Å². The molecule has 2 aromatic carbocycles. The number of anilines is 2. The molecular formula is C32H40F3N5O4. The zero-order valence-electron chi connectivity index (χ0n) is 25.4. The number of benzene rings is 2. The minimum Gasteiger partial charge on any atom is -0.508 e. The Hall–Kier alpha value is -3.64. The lowest BCUT2D eigenvalue weighted by Crippen LogP contribution is -2.33. The zero-order valence-corrected chi connectivity index (χ0v) is 25.4. The molecule has 0 aliphatic carbocycles. The Kier molecular flexibility index (Phi) is 9.50. The fourth-order valence-electron chi connectivity index (χ4n) is 6.35. The maximum atomic E-state index is 14.9. The summed E-state index contributed by atoms with van der Waals surface area (Å²) in [6, 6.07) is 5.32. The van der Waals surface area contributed by atoms with Crippen molar-refractivity contribution >= 4 is 28.2 Å². The largest absolute Gasteiger partial charge is 0.508 e. The van der Waals surface area contributed by atoms with Gasteiger partial charge in [-0.05, 0) is 48.3 Å². The Morgan fingerprint density at radius 3 is 2.68 bits per heavy atom. The highest BCUT2D eigenvalue weighted by Crippen LogP contribution is 2.41. The van der Waals surface area contributed by atoms with E-state index in [1.54, 1.807) is 6.07 Å². The van der Waals surface area contributed by atoms with E-state index in [9.17, 15) is 28.2 Å². The number of hydrogen-bond acceptors (Lipinski definition) is 8. The first-order valence-electron chi connectivity index (χ1n) is 15.4. The molecule has 2 fully saturated rings. The minimum atomic E-state index is -2.81. The number of ether oxygens (including phenoxy) is 1. The molecule has 44 heavy (non-hydrogen) atoms. The van der Waals surface area contributed by atoms with Gasteiger partial charge >= 0.3 is 6.01 Å². The molecule has 2 atom stereocenters. The lowest BCUT2D eigenvalue weighted by Gasteiger charge is -2.26. The first-order valence-corrected chi connectivity index (χ1v) is 15.4. The molecule has 238 valence electrons. The number of phenols is 1. The third-order valence-electron chi connectivity index (χ3n) is 8.42. The highest BCUT2D eigenvalue weighted by molar-refractivity contribution is 6.16. The fraction of sp³-hybridized carbons (Fsp3) is 0.531. The number of fused-ring (bicyclic) bond motifs is 2. The van der Waals surface area contributed by atoms with Crippen molar-refractivity contribution in [1.82, 2.24) is 15.3 Å². The summed E-state index contributed by atoms with van der Waals surface area (Å²) in [7, 11) is 0. The summed E-state index contributed by atoms with van der Waals surface area (Å²) in [5, 5.41) is 24.4. The molecule has 0 spiro atoms. The van der Waals surface area contributed by atoms with Gasteiger partial charge in [-0.15, -0.1) is 0 Å². The fourth-order valence-corrected chi connectivity index (χ4v) is 6.35. The van der Waals surface area contributed by atoms with Crippen LogP contribution >= 0.6 is 0 Å². The van der Waals surface area contributed by atoms with Crippen molar-refractivity contribution in [2.45, 2.75) is 71.4 Å². The number of carbonyl (C=O) groups excluding carboxylic acids is 1.